The van der Waals surface area contributed by atoms with Gasteiger partial charge in [-0.25, -0.2) is 0 Å². The lowest BCUT2D eigenvalue weighted by atomic mass is 9.68. The Hall–Kier alpha value is -2.61. The van der Waals surface area contributed by atoms with Gasteiger partial charge in [0.15, 0.2) is 5.78 Å². The molecule has 156 valence electrons. The van der Waals surface area contributed by atoms with Gasteiger partial charge in [0.2, 0.25) is 0 Å². The number of aliphatic hydroxyl groups excluding tert-OH is 1. The highest BCUT2D eigenvalue weighted by Crippen LogP contribution is 2.44. The van der Waals surface area contributed by atoms with Crippen LogP contribution in [0.5, 0.6) is 0 Å². The molecule has 0 amide bonds. The van der Waals surface area contributed by atoms with Crippen molar-refractivity contribution in [2.24, 2.45) is 0 Å². The Bertz CT molecular complexity index is 1050. The molecule has 0 aromatic heterocycles. The minimum absolute atomic E-state index is 0.0347. The molecule has 0 bridgehead atoms. The van der Waals surface area contributed by atoms with Crippen molar-refractivity contribution in [1.82, 2.24) is 0 Å². The summed E-state index contributed by atoms with van der Waals surface area (Å²) < 4.78 is 0. The summed E-state index contributed by atoms with van der Waals surface area (Å²) in [6.45, 7) is 13.6. The first kappa shape index (κ1) is 20.7. The van der Waals surface area contributed by atoms with Crippen molar-refractivity contribution in [3.8, 4) is 0 Å². The maximum Gasteiger partial charge on any atom is 0.166 e. The number of benzene rings is 2. The molecule has 2 aliphatic rings. The fourth-order valence-corrected chi connectivity index (χ4v) is 5.06. The van der Waals surface area contributed by atoms with Crippen LogP contribution in [-0.4, -0.2) is 10.9 Å². The van der Waals surface area contributed by atoms with Gasteiger partial charge >= 0.3 is 0 Å². The highest BCUT2D eigenvalue weighted by molar-refractivity contribution is 6.21. The second-order valence-corrected chi connectivity index (χ2v) is 9.73. The molecular formula is C28H32O2. The van der Waals surface area contributed by atoms with Gasteiger partial charge in [-0.1, -0.05) is 63.7 Å². The van der Waals surface area contributed by atoms with Gasteiger partial charge in [-0.3, -0.25) is 4.79 Å². The number of rotatable bonds is 3. The Kier molecular flexibility index (Phi) is 5.22. The summed E-state index contributed by atoms with van der Waals surface area (Å²) in [5.74, 6) is 0.821. The van der Waals surface area contributed by atoms with E-state index in [4.69, 9.17) is 0 Å². The van der Waals surface area contributed by atoms with E-state index >= 15 is 0 Å². The van der Waals surface area contributed by atoms with E-state index in [1.807, 2.05) is 24.3 Å². The van der Waals surface area contributed by atoms with Crippen molar-refractivity contribution in [1.29, 1.82) is 0 Å². The number of fused-ring (bicyclic) bond motifs is 1. The minimum Gasteiger partial charge on any atom is -0.512 e. The molecule has 30 heavy (non-hydrogen) atoms. The quantitative estimate of drug-likeness (QED) is 0.589. The van der Waals surface area contributed by atoms with Crippen LogP contribution in [0.25, 0.3) is 11.1 Å². The molecule has 1 atom stereocenters. The predicted octanol–water partition coefficient (Wildman–Crippen LogP) is 7.25. The molecule has 2 heteroatoms. The largest absolute Gasteiger partial charge is 0.512 e. The maximum absolute atomic E-state index is 12.3. The Morgan fingerprint density at radius 1 is 1.13 bits per heavy atom. The van der Waals surface area contributed by atoms with E-state index in [-0.39, 0.29) is 17.0 Å². The zero-order valence-electron chi connectivity index (χ0n) is 18.6. The third-order valence-corrected chi connectivity index (χ3v) is 7.09. The third-order valence-electron chi connectivity index (χ3n) is 7.09. The molecule has 4 rings (SSSR count). The van der Waals surface area contributed by atoms with Crippen molar-refractivity contribution < 1.29 is 9.90 Å². The molecule has 2 aromatic carbocycles. The number of carbonyl (C=O) groups excluding carboxylic acids is 1. The van der Waals surface area contributed by atoms with Crippen LogP contribution in [0.4, 0.5) is 0 Å². The van der Waals surface area contributed by atoms with E-state index in [0.717, 1.165) is 23.1 Å². The Balaban J connectivity index is 1.69. The first-order valence-electron chi connectivity index (χ1n) is 11.1. The van der Waals surface area contributed by atoms with Crippen LogP contribution >= 0.6 is 0 Å². The summed E-state index contributed by atoms with van der Waals surface area (Å²) in [4.78, 5) is 12.3. The van der Waals surface area contributed by atoms with Gasteiger partial charge in [-0.2, -0.15) is 0 Å². The number of hydrogen-bond donors (Lipinski definition) is 1. The van der Waals surface area contributed by atoms with Gasteiger partial charge in [0, 0.05) is 12.8 Å². The predicted molar refractivity (Wildman–Crippen MR) is 125 cm³/mol. The van der Waals surface area contributed by atoms with Gasteiger partial charge in [0.05, 0.1) is 5.57 Å². The van der Waals surface area contributed by atoms with Gasteiger partial charge in [0.25, 0.3) is 0 Å². The summed E-state index contributed by atoms with van der Waals surface area (Å²) >= 11 is 0. The number of carbonyl (C=O) groups is 1. The number of hydrogen-bond acceptors (Lipinski definition) is 2. The van der Waals surface area contributed by atoms with Crippen molar-refractivity contribution in [3.63, 3.8) is 0 Å². The van der Waals surface area contributed by atoms with Crippen LogP contribution < -0.4 is 0 Å². The Morgan fingerprint density at radius 3 is 2.50 bits per heavy atom. The van der Waals surface area contributed by atoms with Crippen LogP contribution in [0.1, 0.15) is 92.2 Å². The number of allylic oxidation sites excluding steroid dienone is 2. The fourth-order valence-electron chi connectivity index (χ4n) is 5.06. The Labute approximate surface area is 180 Å². The van der Waals surface area contributed by atoms with E-state index in [1.54, 1.807) is 0 Å². The zero-order chi connectivity index (χ0) is 21.6. The van der Waals surface area contributed by atoms with Crippen molar-refractivity contribution >= 4 is 16.9 Å². The molecule has 0 fully saturated rings. The molecular weight excluding hydrogens is 368 g/mol. The summed E-state index contributed by atoms with van der Waals surface area (Å²) in [6, 6.07) is 12.6. The van der Waals surface area contributed by atoms with Crippen molar-refractivity contribution in [3.05, 3.63) is 82.1 Å². The van der Waals surface area contributed by atoms with Gasteiger partial charge in [-0.15, -0.1) is 0 Å². The zero-order valence-corrected chi connectivity index (χ0v) is 18.6. The molecule has 0 aliphatic heterocycles. The first-order valence-corrected chi connectivity index (χ1v) is 11.1. The Morgan fingerprint density at radius 2 is 1.83 bits per heavy atom. The van der Waals surface area contributed by atoms with Gasteiger partial charge < -0.3 is 5.11 Å². The standard InChI is InChI=1S/C28H32O2/c1-17-13-14-28(4,5)24-15-18(2)22(16-23(17)24)19(3)20-9-11-21(12-10-20)27-25(29)7-6-8-26(27)30/h9-12,15-17,29H,3,6-8,13-14H2,1-2,4-5H3. The van der Waals surface area contributed by atoms with Crippen molar-refractivity contribution in [2.45, 2.75) is 71.1 Å². The van der Waals surface area contributed by atoms with Crippen LogP contribution in [0.3, 0.4) is 0 Å². The molecule has 0 heterocycles. The van der Waals surface area contributed by atoms with Gasteiger partial charge in [0.1, 0.15) is 5.76 Å². The van der Waals surface area contributed by atoms with Crippen LogP contribution in [0, 0.1) is 6.92 Å². The number of aliphatic hydroxyl groups is 1. The van der Waals surface area contributed by atoms with E-state index in [0.29, 0.717) is 24.3 Å². The lowest BCUT2D eigenvalue weighted by molar-refractivity contribution is -0.114. The van der Waals surface area contributed by atoms with Gasteiger partial charge in [-0.05, 0) is 76.5 Å². The second-order valence-electron chi connectivity index (χ2n) is 9.73. The topological polar surface area (TPSA) is 37.3 Å². The summed E-state index contributed by atoms with van der Waals surface area (Å²) in [5.41, 5.74) is 8.94. The van der Waals surface area contributed by atoms with Crippen molar-refractivity contribution in [2.75, 3.05) is 0 Å². The van der Waals surface area contributed by atoms with Crippen LogP contribution in [-0.2, 0) is 10.2 Å². The average Bonchev–Trinajstić information content (AvgIpc) is 2.71. The normalized spacial score (nSPS) is 20.8. The molecule has 2 aromatic rings. The van der Waals surface area contributed by atoms with E-state index in [9.17, 15) is 9.90 Å². The summed E-state index contributed by atoms with van der Waals surface area (Å²) in [6.07, 6.45) is 4.27. The third kappa shape index (κ3) is 3.53. The molecule has 0 saturated carbocycles. The summed E-state index contributed by atoms with van der Waals surface area (Å²) in [7, 11) is 0. The smallest absolute Gasteiger partial charge is 0.166 e. The highest BCUT2D eigenvalue weighted by atomic mass is 16.3. The van der Waals surface area contributed by atoms with E-state index in [2.05, 4.69) is 46.4 Å². The van der Waals surface area contributed by atoms with Crippen LogP contribution in [0.15, 0.2) is 48.7 Å². The maximum atomic E-state index is 12.3. The fraction of sp³-hybridized carbons (Fsp3) is 0.393. The SMILES string of the molecule is C=C(c1ccc(C2=C(O)CCCC2=O)cc1)c1cc2c(cc1C)C(C)(C)CCC2C. The van der Waals surface area contributed by atoms with Crippen LogP contribution in [0.2, 0.25) is 0 Å². The van der Waals surface area contributed by atoms with E-state index in [1.165, 1.54) is 35.1 Å². The molecule has 2 aliphatic carbocycles. The monoisotopic (exact) mass is 400 g/mol. The molecule has 0 saturated heterocycles. The first-order chi connectivity index (χ1) is 14.2. The average molecular weight is 401 g/mol. The molecule has 2 nitrogen and oxygen atoms in total. The molecule has 1 unspecified atom stereocenters. The highest BCUT2D eigenvalue weighted by Gasteiger charge is 2.31. The lowest BCUT2D eigenvalue weighted by Gasteiger charge is -2.37. The number of Topliss-reactive ketones (excluding diaryl/α,β-unsaturated/α-hetero) is 1. The number of aryl methyl sites for hydroxylation is 1. The second kappa shape index (κ2) is 7.58. The molecule has 0 radical (unpaired) electrons. The molecule has 1 N–H and O–H groups in total. The lowest BCUT2D eigenvalue weighted by Crippen LogP contribution is -2.26. The summed E-state index contributed by atoms with van der Waals surface area (Å²) in [5, 5.41) is 10.2. The number of ketones is 1. The molecule has 0 spiro atoms. The van der Waals surface area contributed by atoms with E-state index < -0.39 is 0 Å². The minimum atomic E-state index is 0.0347.